The predicted molar refractivity (Wildman–Crippen MR) is 81.5 cm³/mol. The van der Waals surface area contributed by atoms with Gasteiger partial charge >= 0.3 is 5.97 Å². The van der Waals surface area contributed by atoms with Crippen LogP contribution in [0.15, 0.2) is 0 Å². The lowest BCUT2D eigenvalue weighted by Gasteiger charge is -2.44. The summed E-state index contributed by atoms with van der Waals surface area (Å²) in [6.07, 6.45) is 7.96. The Morgan fingerprint density at radius 2 is 1.85 bits per heavy atom. The Kier molecular flexibility index (Phi) is 4.78. The highest BCUT2D eigenvalue weighted by Gasteiger charge is 2.45. The van der Waals surface area contributed by atoms with Gasteiger partial charge in [-0.05, 0) is 62.3 Å². The minimum atomic E-state index is -0.405. The third-order valence-corrected chi connectivity index (χ3v) is 5.86. The van der Waals surface area contributed by atoms with Crippen molar-refractivity contribution in [2.24, 2.45) is 17.3 Å². The first kappa shape index (κ1) is 15.8. The molecule has 0 heterocycles. The molecule has 0 atom stereocenters. The maximum Gasteiger partial charge on any atom is 0.326 e. The number of ether oxygens (including phenoxy) is 1. The van der Waals surface area contributed by atoms with Crippen molar-refractivity contribution in [2.45, 2.75) is 71.3 Å². The van der Waals surface area contributed by atoms with Crippen molar-refractivity contribution in [3.05, 3.63) is 0 Å². The highest BCUT2D eigenvalue weighted by Crippen LogP contribution is 2.44. The number of hydrogen-bond acceptors (Lipinski definition) is 3. The molecule has 2 aliphatic carbocycles. The van der Waals surface area contributed by atoms with Crippen molar-refractivity contribution < 1.29 is 9.53 Å². The smallest absolute Gasteiger partial charge is 0.326 e. The molecular formula is C17H31NO2. The van der Waals surface area contributed by atoms with Crippen molar-refractivity contribution in [1.29, 1.82) is 0 Å². The van der Waals surface area contributed by atoms with Crippen molar-refractivity contribution in [1.82, 2.24) is 5.32 Å². The van der Waals surface area contributed by atoms with E-state index in [-0.39, 0.29) is 5.97 Å². The summed E-state index contributed by atoms with van der Waals surface area (Å²) in [5, 5.41) is 3.56. The minimum Gasteiger partial charge on any atom is -0.468 e. The van der Waals surface area contributed by atoms with Gasteiger partial charge in [0.1, 0.15) is 5.54 Å². The SMILES string of the molecule is CCC(C)(C)C1CCC(NCC2CC2)(C(=O)OC)CC1. The third kappa shape index (κ3) is 3.36. The van der Waals surface area contributed by atoms with Gasteiger partial charge in [0, 0.05) is 0 Å². The molecule has 0 aromatic rings. The Morgan fingerprint density at radius 1 is 1.25 bits per heavy atom. The zero-order chi connectivity index (χ0) is 14.8. The highest BCUT2D eigenvalue weighted by atomic mass is 16.5. The Hall–Kier alpha value is -0.570. The van der Waals surface area contributed by atoms with Gasteiger partial charge in [-0.3, -0.25) is 4.79 Å². The lowest BCUT2D eigenvalue weighted by Crippen LogP contribution is -2.56. The molecule has 3 nitrogen and oxygen atoms in total. The summed E-state index contributed by atoms with van der Waals surface area (Å²) < 4.78 is 5.09. The second-order valence-corrected chi connectivity index (χ2v) is 7.51. The number of rotatable bonds is 6. The lowest BCUT2D eigenvalue weighted by atomic mass is 9.65. The van der Waals surface area contributed by atoms with Gasteiger partial charge in [0.15, 0.2) is 0 Å². The topological polar surface area (TPSA) is 38.3 Å². The third-order valence-electron chi connectivity index (χ3n) is 5.86. The number of esters is 1. The average molecular weight is 281 g/mol. The fourth-order valence-electron chi connectivity index (χ4n) is 3.49. The van der Waals surface area contributed by atoms with Crippen LogP contribution in [0.4, 0.5) is 0 Å². The van der Waals surface area contributed by atoms with Crippen LogP contribution in [-0.2, 0) is 9.53 Å². The van der Waals surface area contributed by atoms with Gasteiger partial charge in [-0.2, -0.15) is 0 Å². The zero-order valence-electron chi connectivity index (χ0n) is 13.6. The molecule has 20 heavy (non-hydrogen) atoms. The number of carbonyl (C=O) groups excluding carboxylic acids is 1. The minimum absolute atomic E-state index is 0.0501. The fourth-order valence-corrected chi connectivity index (χ4v) is 3.49. The van der Waals surface area contributed by atoms with Crippen molar-refractivity contribution in [3.8, 4) is 0 Å². The Labute approximate surface area is 123 Å². The molecule has 0 aromatic heterocycles. The molecule has 0 amide bonds. The Balaban J connectivity index is 1.98. The highest BCUT2D eigenvalue weighted by molar-refractivity contribution is 5.80. The molecule has 0 aromatic carbocycles. The molecule has 0 spiro atoms. The van der Waals surface area contributed by atoms with Gasteiger partial charge in [0.05, 0.1) is 7.11 Å². The number of hydrogen-bond donors (Lipinski definition) is 1. The monoisotopic (exact) mass is 281 g/mol. The molecule has 2 fully saturated rings. The summed E-state index contributed by atoms with van der Waals surface area (Å²) in [4.78, 5) is 12.3. The lowest BCUT2D eigenvalue weighted by molar-refractivity contribution is -0.151. The second kappa shape index (κ2) is 6.05. The number of nitrogens with one attached hydrogen (secondary N) is 1. The predicted octanol–water partition coefficient (Wildman–Crippen LogP) is 3.52. The van der Waals surface area contributed by atoms with Gasteiger partial charge in [-0.1, -0.05) is 27.2 Å². The molecule has 0 saturated heterocycles. The quantitative estimate of drug-likeness (QED) is 0.757. The van der Waals surface area contributed by atoms with E-state index in [0.29, 0.717) is 5.41 Å². The van der Waals surface area contributed by atoms with Gasteiger partial charge in [0.2, 0.25) is 0 Å². The molecule has 2 saturated carbocycles. The van der Waals surface area contributed by atoms with Crippen molar-refractivity contribution >= 4 is 5.97 Å². The molecule has 0 radical (unpaired) electrons. The van der Waals surface area contributed by atoms with Crippen LogP contribution in [0.1, 0.15) is 65.7 Å². The van der Waals surface area contributed by atoms with Gasteiger partial charge in [-0.15, -0.1) is 0 Å². The van der Waals surface area contributed by atoms with E-state index < -0.39 is 5.54 Å². The Bertz CT molecular complexity index is 339. The summed E-state index contributed by atoms with van der Waals surface area (Å²) in [6.45, 7) is 7.98. The summed E-state index contributed by atoms with van der Waals surface area (Å²) in [7, 11) is 1.52. The van der Waals surface area contributed by atoms with Crippen LogP contribution in [0.2, 0.25) is 0 Å². The van der Waals surface area contributed by atoms with Gasteiger partial charge in [0.25, 0.3) is 0 Å². The average Bonchev–Trinajstić information content (AvgIpc) is 3.29. The molecule has 1 N–H and O–H groups in total. The second-order valence-electron chi connectivity index (χ2n) is 7.51. The molecular weight excluding hydrogens is 250 g/mol. The van der Waals surface area contributed by atoms with E-state index >= 15 is 0 Å². The summed E-state index contributed by atoms with van der Waals surface area (Å²) >= 11 is 0. The molecule has 116 valence electrons. The largest absolute Gasteiger partial charge is 0.468 e. The first-order valence-electron chi connectivity index (χ1n) is 8.27. The molecule has 0 bridgehead atoms. The van der Waals surface area contributed by atoms with Crippen molar-refractivity contribution in [2.75, 3.05) is 13.7 Å². The normalized spacial score (nSPS) is 31.1. The maximum absolute atomic E-state index is 12.3. The van der Waals surface area contributed by atoms with Crippen LogP contribution < -0.4 is 5.32 Å². The first-order chi connectivity index (χ1) is 9.43. The molecule has 0 aliphatic heterocycles. The van der Waals surface area contributed by atoms with E-state index in [9.17, 15) is 4.79 Å². The maximum atomic E-state index is 12.3. The first-order valence-corrected chi connectivity index (χ1v) is 8.27. The van der Waals surface area contributed by atoms with E-state index in [1.165, 1.54) is 26.4 Å². The zero-order valence-corrected chi connectivity index (χ0v) is 13.6. The number of carbonyl (C=O) groups is 1. The Morgan fingerprint density at radius 3 is 2.30 bits per heavy atom. The van der Waals surface area contributed by atoms with Crippen LogP contribution in [0, 0.1) is 17.3 Å². The van der Waals surface area contributed by atoms with E-state index in [1.54, 1.807) is 0 Å². The standard InChI is InChI=1S/C17H31NO2/c1-5-16(2,3)14-8-10-17(11-9-14,15(19)20-4)18-12-13-6-7-13/h13-14,18H,5-12H2,1-4H3. The van der Waals surface area contributed by atoms with E-state index in [1.807, 2.05) is 0 Å². The summed E-state index contributed by atoms with van der Waals surface area (Å²) in [5.74, 6) is 1.47. The van der Waals surface area contributed by atoms with E-state index in [4.69, 9.17) is 4.74 Å². The molecule has 2 rings (SSSR count). The van der Waals surface area contributed by atoms with E-state index in [0.717, 1.165) is 44.1 Å². The molecule has 2 aliphatic rings. The van der Waals surface area contributed by atoms with Crippen LogP contribution in [-0.4, -0.2) is 25.2 Å². The van der Waals surface area contributed by atoms with Crippen molar-refractivity contribution in [3.63, 3.8) is 0 Å². The van der Waals surface area contributed by atoms with Crippen LogP contribution in [0.25, 0.3) is 0 Å². The molecule has 3 heteroatoms. The summed E-state index contributed by atoms with van der Waals surface area (Å²) in [5.41, 5.74) is -0.0174. The molecule has 0 unspecified atom stereocenters. The summed E-state index contributed by atoms with van der Waals surface area (Å²) in [6, 6.07) is 0. The van der Waals surface area contributed by atoms with Crippen LogP contribution >= 0.6 is 0 Å². The fraction of sp³-hybridized carbons (Fsp3) is 0.941. The number of methoxy groups -OCH3 is 1. The van der Waals surface area contributed by atoms with Gasteiger partial charge < -0.3 is 10.1 Å². The van der Waals surface area contributed by atoms with Crippen LogP contribution in [0.5, 0.6) is 0 Å². The van der Waals surface area contributed by atoms with Crippen LogP contribution in [0.3, 0.4) is 0 Å². The van der Waals surface area contributed by atoms with E-state index in [2.05, 4.69) is 26.1 Å². The van der Waals surface area contributed by atoms with Gasteiger partial charge in [-0.25, -0.2) is 0 Å².